The number of phenols is 1. The lowest BCUT2D eigenvalue weighted by Crippen LogP contribution is -2.62. The second kappa shape index (κ2) is 8.12. The first kappa shape index (κ1) is 22.7. The number of nitrogens with zero attached hydrogens (tertiary/aromatic N) is 7. The molecule has 2 aromatic heterocycles. The normalized spacial score (nSPS) is 17.5. The average Bonchev–Trinajstić information content (AvgIpc) is 3.11. The minimum Gasteiger partial charge on any atom is -0.507 e. The van der Waals surface area contributed by atoms with Crippen LogP contribution in [0, 0.1) is 11.3 Å². The van der Waals surface area contributed by atoms with Crippen molar-refractivity contribution in [2.45, 2.75) is 57.7 Å². The number of benzene rings is 1. The molecule has 0 aliphatic carbocycles. The van der Waals surface area contributed by atoms with E-state index in [1.165, 1.54) is 4.68 Å². The smallest absolute Gasteiger partial charge is 0.245 e. The molecule has 2 N–H and O–H groups in total. The van der Waals surface area contributed by atoms with Gasteiger partial charge in [-0.15, -0.1) is 10.2 Å². The Morgan fingerprint density at radius 3 is 2.39 bits per heavy atom. The largest absolute Gasteiger partial charge is 0.507 e. The number of anilines is 1. The molecular weight excluding hydrogens is 416 g/mol. The molecule has 33 heavy (non-hydrogen) atoms. The molecule has 1 saturated heterocycles. The molecule has 4 rings (SSSR count). The summed E-state index contributed by atoms with van der Waals surface area (Å²) in [5.74, 6) is 0.599. The number of hydrogen-bond donors (Lipinski definition) is 2. The summed E-state index contributed by atoms with van der Waals surface area (Å²) in [6, 6.07) is 7.61. The molecular formula is C24H30N8O. The van der Waals surface area contributed by atoms with Gasteiger partial charge in [-0.25, -0.2) is 4.98 Å². The molecule has 0 atom stereocenters. The summed E-state index contributed by atoms with van der Waals surface area (Å²) in [7, 11) is 3.72. The van der Waals surface area contributed by atoms with E-state index in [0.29, 0.717) is 34.0 Å². The van der Waals surface area contributed by atoms with E-state index in [0.717, 1.165) is 12.8 Å². The Kier molecular flexibility index (Phi) is 5.58. The summed E-state index contributed by atoms with van der Waals surface area (Å²) in [6.45, 7) is 8.87. The summed E-state index contributed by atoms with van der Waals surface area (Å²) in [5, 5.41) is 36.5. The van der Waals surface area contributed by atoms with Crippen LogP contribution in [0.1, 0.15) is 46.2 Å². The van der Waals surface area contributed by atoms with Crippen LogP contribution in [-0.4, -0.2) is 54.2 Å². The molecule has 9 nitrogen and oxygen atoms in total. The highest BCUT2D eigenvalue weighted by atomic mass is 16.3. The second-order valence-electron chi connectivity index (χ2n) is 10.1. The summed E-state index contributed by atoms with van der Waals surface area (Å²) in [6.07, 6.45) is 5.19. The van der Waals surface area contributed by atoms with E-state index in [2.05, 4.69) is 64.3 Å². The summed E-state index contributed by atoms with van der Waals surface area (Å²) < 4.78 is 1.51. The van der Waals surface area contributed by atoms with Crippen LogP contribution in [0.4, 0.5) is 5.95 Å². The van der Waals surface area contributed by atoms with Crippen molar-refractivity contribution in [1.29, 1.82) is 5.26 Å². The van der Waals surface area contributed by atoms with Crippen LogP contribution in [-0.2, 0) is 7.05 Å². The van der Waals surface area contributed by atoms with E-state index in [-0.39, 0.29) is 22.9 Å². The Labute approximate surface area is 194 Å². The van der Waals surface area contributed by atoms with Gasteiger partial charge in [-0.05, 0) is 58.2 Å². The van der Waals surface area contributed by atoms with Crippen molar-refractivity contribution < 1.29 is 5.11 Å². The fourth-order valence-corrected chi connectivity index (χ4v) is 4.96. The molecule has 0 saturated carbocycles. The molecule has 0 unspecified atom stereocenters. The van der Waals surface area contributed by atoms with Crippen molar-refractivity contribution in [3.05, 3.63) is 36.3 Å². The van der Waals surface area contributed by atoms with Gasteiger partial charge in [-0.1, -0.05) is 6.07 Å². The maximum atomic E-state index is 10.7. The standard InChI is InChI=1S/C24H30N8O/c1-23(2)10-16(11-24(3,4)30-23)31(5)22-26-14-19(28-29-22)17-8-7-15(9-21(17)33)18-13-27-32(6)20(18)12-25/h7-9,13-14,16,30,33H,10-11H2,1-6H3. The van der Waals surface area contributed by atoms with Gasteiger partial charge in [0.2, 0.25) is 5.95 Å². The maximum absolute atomic E-state index is 10.7. The number of aromatic nitrogens is 5. The average molecular weight is 447 g/mol. The lowest BCUT2D eigenvalue weighted by Gasteiger charge is -2.48. The Bertz CT molecular complexity index is 1190. The third kappa shape index (κ3) is 4.52. The number of hydrogen-bond acceptors (Lipinski definition) is 8. The molecule has 9 heteroatoms. The molecule has 1 aliphatic heterocycles. The molecule has 1 aliphatic rings. The number of piperidine rings is 1. The zero-order chi connectivity index (χ0) is 24.0. The summed E-state index contributed by atoms with van der Waals surface area (Å²) >= 11 is 0. The first-order valence-corrected chi connectivity index (χ1v) is 11.0. The van der Waals surface area contributed by atoms with Crippen molar-refractivity contribution >= 4 is 5.95 Å². The van der Waals surface area contributed by atoms with Crippen LogP contribution in [0.3, 0.4) is 0 Å². The quantitative estimate of drug-likeness (QED) is 0.627. The van der Waals surface area contributed by atoms with Gasteiger partial charge < -0.3 is 15.3 Å². The highest BCUT2D eigenvalue weighted by Crippen LogP contribution is 2.34. The lowest BCUT2D eigenvalue weighted by atomic mass is 9.79. The van der Waals surface area contributed by atoms with Crippen LogP contribution in [0.5, 0.6) is 5.75 Å². The van der Waals surface area contributed by atoms with Crippen molar-refractivity contribution in [3.8, 4) is 34.2 Å². The predicted molar refractivity (Wildman–Crippen MR) is 127 cm³/mol. The Morgan fingerprint density at radius 1 is 1.12 bits per heavy atom. The Hall–Kier alpha value is -3.51. The Morgan fingerprint density at radius 2 is 1.82 bits per heavy atom. The summed E-state index contributed by atoms with van der Waals surface area (Å²) in [4.78, 5) is 6.64. The molecule has 0 spiro atoms. The van der Waals surface area contributed by atoms with E-state index in [4.69, 9.17) is 0 Å². The van der Waals surface area contributed by atoms with Crippen LogP contribution >= 0.6 is 0 Å². The molecule has 172 valence electrons. The van der Waals surface area contributed by atoms with Gasteiger partial charge in [-0.2, -0.15) is 10.4 Å². The zero-order valence-electron chi connectivity index (χ0n) is 20.0. The molecule has 0 bridgehead atoms. The topological polar surface area (TPSA) is 116 Å². The SMILES string of the molecule is CN(c1ncc(-c2ccc(-c3cnn(C)c3C#N)cc2O)nn1)C1CC(C)(C)NC(C)(C)C1. The third-order valence-electron chi connectivity index (χ3n) is 6.21. The highest BCUT2D eigenvalue weighted by molar-refractivity contribution is 5.75. The molecule has 1 aromatic carbocycles. The molecule has 0 amide bonds. The monoisotopic (exact) mass is 446 g/mol. The number of nitriles is 1. The fraction of sp³-hybridized carbons (Fsp3) is 0.458. The molecule has 0 radical (unpaired) electrons. The van der Waals surface area contributed by atoms with E-state index < -0.39 is 0 Å². The van der Waals surface area contributed by atoms with Gasteiger partial charge in [0.15, 0.2) is 0 Å². The van der Waals surface area contributed by atoms with Gasteiger partial charge in [0.05, 0.1) is 12.4 Å². The molecule has 1 fully saturated rings. The number of phenolic OH excluding ortho intramolecular Hbond substituents is 1. The van der Waals surface area contributed by atoms with Gasteiger partial charge in [-0.3, -0.25) is 4.68 Å². The number of nitrogens with one attached hydrogen (secondary N) is 1. The van der Waals surface area contributed by atoms with Crippen LogP contribution in [0.25, 0.3) is 22.4 Å². The number of aryl methyl sites for hydroxylation is 1. The van der Waals surface area contributed by atoms with Gasteiger partial charge in [0, 0.05) is 42.3 Å². The van der Waals surface area contributed by atoms with Crippen molar-refractivity contribution in [2.75, 3.05) is 11.9 Å². The number of aromatic hydroxyl groups is 1. The lowest BCUT2D eigenvalue weighted by molar-refractivity contribution is 0.160. The van der Waals surface area contributed by atoms with Crippen molar-refractivity contribution in [2.24, 2.45) is 7.05 Å². The molecule has 3 aromatic rings. The van der Waals surface area contributed by atoms with Crippen LogP contribution < -0.4 is 10.2 Å². The minimum atomic E-state index is 0.0151. The summed E-state index contributed by atoms with van der Waals surface area (Å²) in [5.41, 5.74) is 2.83. The fourth-order valence-electron chi connectivity index (χ4n) is 4.96. The maximum Gasteiger partial charge on any atom is 0.245 e. The van der Waals surface area contributed by atoms with E-state index in [9.17, 15) is 10.4 Å². The molecule has 3 heterocycles. The third-order valence-corrected chi connectivity index (χ3v) is 6.21. The highest BCUT2D eigenvalue weighted by Gasteiger charge is 2.39. The van der Waals surface area contributed by atoms with E-state index in [1.54, 1.807) is 31.6 Å². The van der Waals surface area contributed by atoms with Crippen molar-refractivity contribution in [3.63, 3.8) is 0 Å². The van der Waals surface area contributed by atoms with Gasteiger partial charge in [0.25, 0.3) is 0 Å². The van der Waals surface area contributed by atoms with Crippen LogP contribution in [0.2, 0.25) is 0 Å². The first-order chi connectivity index (χ1) is 15.5. The zero-order valence-corrected chi connectivity index (χ0v) is 20.0. The predicted octanol–water partition coefficient (Wildman–Crippen LogP) is 3.26. The van der Waals surface area contributed by atoms with E-state index >= 15 is 0 Å². The van der Waals surface area contributed by atoms with E-state index in [1.807, 2.05) is 13.1 Å². The van der Waals surface area contributed by atoms with Gasteiger partial charge >= 0.3 is 0 Å². The van der Waals surface area contributed by atoms with Crippen LogP contribution in [0.15, 0.2) is 30.6 Å². The first-order valence-electron chi connectivity index (χ1n) is 11.0. The second-order valence-corrected chi connectivity index (χ2v) is 10.1. The van der Waals surface area contributed by atoms with Crippen molar-refractivity contribution in [1.82, 2.24) is 30.3 Å². The van der Waals surface area contributed by atoms with Gasteiger partial charge in [0.1, 0.15) is 23.2 Å². The number of rotatable bonds is 4. The Balaban J connectivity index is 1.57. The minimum absolute atomic E-state index is 0.0151.